The summed E-state index contributed by atoms with van der Waals surface area (Å²) < 4.78 is 15.5. The number of aromatic nitrogens is 1. The highest BCUT2D eigenvalue weighted by molar-refractivity contribution is 5.68. The smallest absolute Gasteiger partial charge is 0.133 e. The van der Waals surface area contributed by atoms with E-state index in [0.717, 1.165) is 44.1 Å². The number of hydrogen-bond donors (Lipinski definition) is 1. The van der Waals surface area contributed by atoms with Gasteiger partial charge in [0.25, 0.3) is 0 Å². The largest absolute Gasteiger partial charge is 0.396 e. The van der Waals surface area contributed by atoms with Gasteiger partial charge in [-0.25, -0.2) is 4.39 Å². The Morgan fingerprint density at radius 3 is 2.31 bits per heavy atom. The highest BCUT2D eigenvalue weighted by Crippen LogP contribution is 2.30. The molecular formula is C23H24FN5. The Balaban J connectivity index is 1.51. The van der Waals surface area contributed by atoms with Crippen molar-refractivity contribution in [3.05, 3.63) is 83.3 Å². The summed E-state index contributed by atoms with van der Waals surface area (Å²) in [6, 6.07) is 20.9. The van der Waals surface area contributed by atoms with Gasteiger partial charge in [-0.15, -0.1) is 0 Å². The van der Waals surface area contributed by atoms with Gasteiger partial charge in [0.15, 0.2) is 0 Å². The van der Waals surface area contributed by atoms with Crippen LogP contribution >= 0.6 is 0 Å². The molecule has 29 heavy (non-hydrogen) atoms. The van der Waals surface area contributed by atoms with Gasteiger partial charge in [0.05, 0.1) is 12.2 Å². The van der Waals surface area contributed by atoms with Gasteiger partial charge >= 0.3 is 0 Å². The Hall–Kier alpha value is -3.30. The number of anilines is 2. The molecule has 0 atom stereocenters. The van der Waals surface area contributed by atoms with Crippen LogP contribution in [-0.2, 0) is 13.1 Å². The molecule has 1 aliphatic rings. The highest BCUT2D eigenvalue weighted by atomic mass is 19.1. The van der Waals surface area contributed by atoms with E-state index < -0.39 is 0 Å². The number of nitrogen functional groups attached to an aromatic ring is 1. The number of rotatable bonds is 5. The topological polar surface area (TPSA) is 61.2 Å². The van der Waals surface area contributed by atoms with Gasteiger partial charge in [-0.3, -0.25) is 4.90 Å². The van der Waals surface area contributed by atoms with Crippen molar-refractivity contribution in [1.82, 2.24) is 9.47 Å². The van der Waals surface area contributed by atoms with E-state index in [0.29, 0.717) is 17.9 Å². The number of piperazine rings is 1. The molecule has 1 saturated heterocycles. The number of nitrogens with two attached hydrogens (primary N) is 1. The number of nitrogens with zero attached hydrogens (tertiary/aromatic N) is 4. The van der Waals surface area contributed by atoms with Gasteiger partial charge in [-0.1, -0.05) is 42.5 Å². The SMILES string of the molecule is N#Cc1cc(N)c(N2CCN(Cc3ccccc3)CC2)n1Cc1cccc(F)c1. The van der Waals surface area contributed by atoms with Crippen molar-refractivity contribution in [3.8, 4) is 6.07 Å². The van der Waals surface area contributed by atoms with Crippen molar-refractivity contribution in [2.75, 3.05) is 36.8 Å². The Labute approximate surface area is 170 Å². The second kappa shape index (κ2) is 8.38. The lowest BCUT2D eigenvalue weighted by molar-refractivity contribution is 0.249. The van der Waals surface area contributed by atoms with Crippen molar-refractivity contribution >= 4 is 11.5 Å². The van der Waals surface area contributed by atoms with Crippen LogP contribution in [0.2, 0.25) is 0 Å². The molecule has 5 nitrogen and oxygen atoms in total. The number of nitriles is 1. The monoisotopic (exact) mass is 389 g/mol. The van der Waals surface area contributed by atoms with Crippen LogP contribution in [0.15, 0.2) is 60.7 Å². The molecule has 2 heterocycles. The van der Waals surface area contributed by atoms with Crippen LogP contribution in [0.5, 0.6) is 0 Å². The highest BCUT2D eigenvalue weighted by Gasteiger charge is 2.24. The lowest BCUT2D eigenvalue weighted by Crippen LogP contribution is -2.46. The summed E-state index contributed by atoms with van der Waals surface area (Å²) in [6.07, 6.45) is 0. The molecule has 0 unspecified atom stereocenters. The Morgan fingerprint density at radius 1 is 0.897 bits per heavy atom. The lowest BCUT2D eigenvalue weighted by atomic mass is 10.2. The molecular weight excluding hydrogens is 365 g/mol. The fraction of sp³-hybridized carbons (Fsp3) is 0.261. The molecule has 1 fully saturated rings. The van der Waals surface area contributed by atoms with E-state index in [1.165, 1.54) is 17.7 Å². The van der Waals surface area contributed by atoms with E-state index in [1.807, 2.05) is 16.7 Å². The molecule has 0 amide bonds. The van der Waals surface area contributed by atoms with Gasteiger partial charge in [-0.2, -0.15) is 5.26 Å². The van der Waals surface area contributed by atoms with Crippen molar-refractivity contribution in [3.63, 3.8) is 0 Å². The van der Waals surface area contributed by atoms with Crippen molar-refractivity contribution < 1.29 is 4.39 Å². The van der Waals surface area contributed by atoms with Gasteiger partial charge in [0, 0.05) is 32.7 Å². The van der Waals surface area contributed by atoms with Gasteiger partial charge in [-0.05, 0) is 29.3 Å². The summed E-state index contributed by atoms with van der Waals surface area (Å²) in [7, 11) is 0. The number of benzene rings is 2. The Kier molecular flexibility index (Phi) is 5.50. The van der Waals surface area contributed by atoms with Crippen molar-refractivity contribution in [1.29, 1.82) is 5.26 Å². The summed E-state index contributed by atoms with van der Waals surface area (Å²) in [5, 5.41) is 9.57. The summed E-state index contributed by atoms with van der Waals surface area (Å²) in [5.74, 6) is 0.572. The second-order valence-corrected chi connectivity index (χ2v) is 7.39. The summed E-state index contributed by atoms with van der Waals surface area (Å²) in [4.78, 5) is 4.66. The van der Waals surface area contributed by atoms with Crippen molar-refractivity contribution in [2.24, 2.45) is 0 Å². The maximum Gasteiger partial charge on any atom is 0.133 e. The van der Waals surface area contributed by atoms with Crippen LogP contribution in [-0.4, -0.2) is 35.6 Å². The van der Waals surface area contributed by atoms with E-state index in [-0.39, 0.29) is 5.82 Å². The molecule has 4 rings (SSSR count). The fourth-order valence-corrected chi connectivity index (χ4v) is 3.94. The van der Waals surface area contributed by atoms with E-state index in [4.69, 9.17) is 5.73 Å². The average molecular weight is 389 g/mol. The first kappa shape index (κ1) is 19.0. The molecule has 2 N–H and O–H groups in total. The minimum absolute atomic E-state index is 0.280. The van der Waals surface area contributed by atoms with Gasteiger partial charge in [0.1, 0.15) is 23.4 Å². The maximum atomic E-state index is 13.6. The lowest BCUT2D eigenvalue weighted by Gasteiger charge is -2.36. The molecule has 6 heteroatoms. The Morgan fingerprint density at radius 2 is 1.62 bits per heavy atom. The van der Waals surface area contributed by atoms with Gasteiger partial charge in [0.2, 0.25) is 0 Å². The first-order chi connectivity index (χ1) is 14.1. The average Bonchev–Trinajstić information content (AvgIpc) is 3.04. The number of hydrogen-bond acceptors (Lipinski definition) is 4. The van der Waals surface area contributed by atoms with Crippen molar-refractivity contribution in [2.45, 2.75) is 13.1 Å². The third-order valence-corrected chi connectivity index (χ3v) is 5.36. The summed E-state index contributed by atoms with van der Waals surface area (Å²) >= 11 is 0. The molecule has 0 bridgehead atoms. The van der Waals surface area contributed by atoms with Crippen LogP contribution in [0.4, 0.5) is 15.9 Å². The maximum absolute atomic E-state index is 13.6. The third kappa shape index (κ3) is 4.25. The summed E-state index contributed by atoms with van der Waals surface area (Å²) in [6.45, 7) is 4.84. The quantitative estimate of drug-likeness (QED) is 0.726. The minimum Gasteiger partial charge on any atom is -0.396 e. The zero-order chi connectivity index (χ0) is 20.2. The zero-order valence-corrected chi connectivity index (χ0v) is 16.3. The van der Waals surface area contributed by atoms with Gasteiger partial charge < -0.3 is 15.2 Å². The first-order valence-electron chi connectivity index (χ1n) is 9.79. The predicted molar refractivity (Wildman–Crippen MR) is 113 cm³/mol. The van der Waals surface area contributed by atoms with Crippen LogP contribution < -0.4 is 10.6 Å². The molecule has 1 aliphatic heterocycles. The molecule has 0 aliphatic carbocycles. The molecule has 0 radical (unpaired) electrons. The number of halogens is 1. The van der Waals surface area contributed by atoms with Crippen LogP contribution in [0.1, 0.15) is 16.8 Å². The normalized spacial score (nSPS) is 14.7. The van der Waals surface area contributed by atoms with Crippen LogP contribution in [0.3, 0.4) is 0 Å². The standard InChI is InChI=1S/C23H24FN5/c24-20-8-4-7-19(13-20)17-29-21(15-25)14-22(26)23(29)28-11-9-27(10-12-28)16-18-5-2-1-3-6-18/h1-8,13-14H,9-12,16-17,26H2. The van der Waals surface area contributed by atoms with E-state index in [2.05, 4.69) is 40.1 Å². The first-order valence-corrected chi connectivity index (χ1v) is 9.79. The van der Waals surface area contributed by atoms with E-state index in [1.54, 1.807) is 12.1 Å². The van der Waals surface area contributed by atoms with Crippen LogP contribution in [0, 0.1) is 17.1 Å². The summed E-state index contributed by atoms with van der Waals surface area (Å²) in [5.41, 5.74) is 9.49. The molecule has 0 saturated carbocycles. The minimum atomic E-state index is -0.280. The van der Waals surface area contributed by atoms with E-state index in [9.17, 15) is 9.65 Å². The fourth-order valence-electron chi connectivity index (χ4n) is 3.94. The third-order valence-electron chi connectivity index (χ3n) is 5.36. The molecule has 1 aromatic heterocycles. The molecule has 2 aromatic carbocycles. The molecule has 0 spiro atoms. The van der Waals surface area contributed by atoms with Crippen LogP contribution in [0.25, 0.3) is 0 Å². The molecule has 3 aromatic rings. The Bertz CT molecular complexity index is 1010. The molecule has 148 valence electrons. The van der Waals surface area contributed by atoms with E-state index >= 15 is 0 Å². The second-order valence-electron chi connectivity index (χ2n) is 7.39. The zero-order valence-electron chi connectivity index (χ0n) is 16.3. The predicted octanol–water partition coefficient (Wildman–Crippen LogP) is 3.45.